The highest BCUT2D eigenvalue weighted by Gasteiger charge is 2.44. The summed E-state index contributed by atoms with van der Waals surface area (Å²) >= 11 is 0. The summed E-state index contributed by atoms with van der Waals surface area (Å²) < 4.78 is 26.8. The first-order valence-electron chi connectivity index (χ1n) is 11.7. The SMILES string of the molecule is C=C1/C(=C/S(=O)c2ccccc2)C[C@@H](O[Si](C)(C)C(C)(C)C)C[C@@H]1O[Si](C)(C)C(C)(C)C. The Balaban J connectivity index is 2.39. The van der Waals surface area contributed by atoms with E-state index in [1.54, 1.807) is 0 Å². The van der Waals surface area contributed by atoms with Gasteiger partial charge in [-0.05, 0) is 66.0 Å². The first-order chi connectivity index (χ1) is 14.4. The first kappa shape index (κ1) is 27.4. The van der Waals surface area contributed by atoms with Crippen LogP contribution in [0.4, 0.5) is 0 Å². The Bertz CT molecular complexity index is 861. The summed E-state index contributed by atoms with van der Waals surface area (Å²) in [6, 6.07) is 9.61. The van der Waals surface area contributed by atoms with Crippen LogP contribution in [0.1, 0.15) is 54.4 Å². The molecule has 3 atom stereocenters. The number of hydrogen-bond acceptors (Lipinski definition) is 3. The molecule has 0 spiro atoms. The number of rotatable bonds is 6. The smallest absolute Gasteiger partial charge is 0.192 e. The van der Waals surface area contributed by atoms with Crippen LogP contribution in [0.2, 0.25) is 36.3 Å². The van der Waals surface area contributed by atoms with E-state index in [1.807, 2.05) is 35.7 Å². The molecule has 0 radical (unpaired) electrons. The summed E-state index contributed by atoms with van der Waals surface area (Å²) in [5.41, 5.74) is 1.99. The topological polar surface area (TPSA) is 35.5 Å². The largest absolute Gasteiger partial charge is 0.413 e. The molecule has 2 rings (SSSR count). The van der Waals surface area contributed by atoms with Crippen LogP contribution in [-0.4, -0.2) is 33.1 Å². The molecular formula is C26H44O3SSi2. The second-order valence-electron chi connectivity index (χ2n) is 12.1. The van der Waals surface area contributed by atoms with Gasteiger partial charge in [0.1, 0.15) is 0 Å². The van der Waals surface area contributed by atoms with Crippen molar-refractivity contribution in [1.29, 1.82) is 0 Å². The maximum absolute atomic E-state index is 13.1. The van der Waals surface area contributed by atoms with E-state index in [2.05, 4.69) is 74.3 Å². The predicted molar refractivity (Wildman–Crippen MR) is 143 cm³/mol. The van der Waals surface area contributed by atoms with E-state index in [4.69, 9.17) is 8.85 Å². The van der Waals surface area contributed by atoms with Crippen molar-refractivity contribution >= 4 is 27.4 Å². The van der Waals surface area contributed by atoms with Crippen molar-refractivity contribution in [2.24, 2.45) is 0 Å². The first-order valence-corrected chi connectivity index (χ1v) is 18.7. The second-order valence-corrected chi connectivity index (χ2v) is 22.9. The van der Waals surface area contributed by atoms with Crippen molar-refractivity contribution in [3.8, 4) is 0 Å². The van der Waals surface area contributed by atoms with Gasteiger partial charge in [-0.3, -0.25) is 0 Å². The van der Waals surface area contributed by atoms with E-state index in [0.29, 0.717) is 0 Å². The second kappa shape index (κ2) is 9.83. The number of hydrogen-bond donors (Lipinski definition) is 0. The zero-order valence-corrected chi connectivity index (χ0v) is 24.7. The monoisotopic (exact) mass is 492 g/mol. The average molecular weight is 493 g/mol. The Morgan fingerprint density at radius 2 is 1.44 bits per heavy atom. The van der Waals surface area contributed by atoms with Crippen molar-refractivity contribution in [2.75, 3.05) is 0 Å². The van der Waals surface area contributed by atoms with E-state index < -0.39 is 27.4 Å². The Hall–Kier alpha value is -0.796. The fourth-order valence-corrected chi connectivity index (χ4v) is 7.00. The van der Waals surface area contributed by atoms with Crippen LogP contribution in [0.15, 0.2) is 58.4 Å². The molecule has 0 N–H and O–H groups in total. The minimum Gasteiger partial charge on any atom is -0.413 e. The molecule has 180 valence electrons. The van der Waals surface area contributed by atoms with Gasteiger partial charge in [-0.2, -0.15) is 0 Å². The molecule has 0 amide bonds. The molecule has 1 fully saturated rings. The lowest BCUT2D eigenvalue weighted by Gasteiger charge is -2.45. The highest BCUT2D eigenvalue weighted by Crippen LogP contribution is 2.44. The van der Waals surface area contributed by atoms with Crippen molar-refractivity contribution in [3.05, 3.63) is 53.5 Å². The minimum absolute atomic E-state index is 0.0511. The van der Waals surface area contributed by atoms with Gasteiger partial charge >= 0.3 is 0 Å². The van der Waals surface area contributed by atoms with E-state index in [-0.39, 0.29) is 22.3 Å². The average Bonchev–Trinajstić information content (AvgIpc) is 2.63. The predicted octanol–water partition coefficient (Wildman–Crippen LogP) is 7.81. The molecule has 1 aliphatic carbocycles. The zero-order valence-electron chi connectivity index (χ0n) is 21.9. The van der Waals surface area contributed by atoms with E-state index in [1.165, 1.54) is 0 Å². The van der Waals surface area contributed by atoms with Gasteiger partial charge in [-0.1, -0.05) is 66.3 Å². The molecule has 1 aliphatic rings. The third-order valence-corrected chi connectivity index (χ3v) is 17.7. The quantitative estimate of drug-likeness (QED) is 0.380. The molecule has 3 nitrogen and oxygen atoms in total. The summed E-state index contributed by atoms with van der Waals surface area (Å²) in [7, 11) is -5.17. The van der Waals surface area contributed by atoms with Gasteiger partial charge in [0.25, 0.3) is 0 Å². The third-order valence-electron chi connectivity index (χ3n) is 7.46. The van der Waals surface area contributed by atoms with Gasteiger partial charge < -0.3 is 8.85 Å². The highest BCUT2D eigenvalue weighted by atomic mass is 32.2. The van der Waals surface area contributed by atoms with Crippen LogP contribution in [0, 0.1) is 0 Å². The highest BCUT2D eigenvalue weighted by molar-refractivity contribution is 7.88. The fraction of sp³-hybridized carbons (Fsp3) is 0.615. The molecule has 0 saturated heterocycles. The summed E-state index contributed by atoms with van der Waals surface area (Å²) in [6.07, 6.45) is 1.50. The summed E-state index contributed by atoms with van der Waals surface area (Å²) in [5, 5.41) is 2.12. The molecule has 1 saturated carbocycles. The number of benzene rings is 1. The fourth-order valence-electron chi connectivity index (χ4n) is 3.26. The van der Waals surface area contributed by atoms with Crippen molar-refractivity contribution < 1.29 is 13.1 Å². The zero-order chi connectivity index (χ0) is 24.5. The van der Waals surface area contributed by atoms with Crippen LogP contribution in [0.3, 0.4) is 0 Å². The van der Waals surface area contributed by atoms with Crippen molar-refractivity contribution in [2.45, 2.75) is 108 Å². The lowest BCUT2D eigenvalue weighted by molar-refractivity contribution is 0.0971. The molecule has 6 heteroatoms. The Kier molecular flexibility index (Phi) is 8.43. The van der Waals surface area contributed by atoms with Gasteiger partial charge in [-0.15, -0.1) is 0 Å². The molecular weight excluding hydrogens is 449 g/mol. The molecule has 1 unspecified atom stereocenters. The van der Waals surface area contributed by atoms with Crippen LogP contribution in [-0.2, 0) is 19.7 Å². The van der Waals surface area contributed by atoms with Crippen LogP contribution < -0.4 is 0 Å². The molecule has 0 heterocycles. The normalized spacial score (nSPS) is 23.4. The van der Waals surface area contributed by atoms with Gasteiger partial charge in [0.15, 0.2) is 16.6 Å². The molecule has 1 aromatic carbocycles. The summed E-state index contributed by atoms with van der Waals surface area (Å²) in [4.78, 5) is 0.808. The Morgan fingerprint density at radius 1 is 0.938 bits per heavy atom. The van der Waals surface area contributed by atoms with E-state index >= 15 is 0 Å². The molecule has 32 heavy (non-hydrogen) atoms. The summed E-state index contributed by atoms with van der Waals surface area (Å²) in [5.74, 6) is 0. The minimum atomic E-state index is -2.00. The van der Waals surface area contributed by atoms with Crippen LogP contribution in [0.5, 0.6) is 0 Å². The van der Waals surface area contributed by atoms with Gasteiger partial charge in [0.05, 0.1) is 23.0 Å². The van der Waals surface area contributed by atoms with Gasteiger partial charge in [0.2, 0.25) is 0 Å². The molecule has 1 aromatic rings. The third kappa shape index (κ3) is 6.63. The summed E-state index contributed by atoms with van der Waals surface area (Å²) in [6.45, 7) is 27.2. The van der Waals surface area contributed by atoms with E-state index in [9.17, 15) is 4.21 Å². The lowest BCUT2D eigenvalue weighted by atomic mass is 9.87. The molecule has 0 aromatic heterocycles. The van der Waals surface area contributed by atoms with Crippen LogP contribution >= 0.6 is 0 Å². The van der Waals surface area contributed by atoms with Crippen molar-refractivity contribution in [3.63, 3.8) is 0 Å². The molecule has 0 bridgehead atoms. The standard InChI is InChI=1S/C26H44O3SSi2/c1-20-21(19-30(27)23-15-13-12-14-16-23)17-22(28-31(8,9)25(2,3)4)18-24(20)29-32(10,11)26(5,6)7/h12-16,19,22,24H,1,17-18H2,2-11H3/b21-19+/t22-,24+,30?/m1/s1. The maximum Gasteiger partial charge on any atom is 0.192 e. The maximum atomic E-state index is 13.1. The molecule has 0 aliphatic heterocycles. The Morgan fingerprint density at radius 3 is 1.94 bits per heavy atom. The van der Waals surface area contributed by atoms with Crippen molar-refractivity contribution in [1.82, 2.24) is 0 Å². The van der Waals surface area contributed by atoms with Gasteiger partial charge in [-0.25, -0.2) is 4.21 Å². The van der Waals surface area contributed by atoms with Crippen LogP contribution in [0.25, 0.3) is 0 Å². The Labute approximate surface area is 201 Å². The van der Waals surface area contributed by atoms with E-state index in [0.717, 1.165) is 28.9 Å². The van der Waals surface area contributed by atoms with Gasteiger partial charge in [0, 0.05) is 16.7 Å². The lowest BCUT2D eigenvalue weighted by Crippen LogP contribution is -2.49.